The molecule has 1 heterocycles. The van der Waals surface area contributed by atoms with Gasteiger partial charge in [-0.05, 0) is 13.0 Å². The van der Waals surface area contributed by atoms with Crippen molar-refractivity contribution in [1.82, 2.24) is 10.3 Å². The Kier molecular flexibility index (Phi) is 4.38. The van der Waals surface area contributed by atoms with Crippen molar-refractivity contribution in [2.24, 2.45) is 0 Å². The van der Waals surface area contributed by atoms with E-state index in [2.05, 4.69) is 10.3 Å². The van der Waals surface area contributed by atoms with E-state index in [-0.39, 0.29) is 23.1 Å². The Morgan fingerprint density at radius 1 is 1.56 bits per heavy atom. The van der Waals surface area contributed by atoms with Gasteiger partial charge in [0.15, 0.2) is 0 Å². The van der Waals surface area contributed by atoms with Crippen LogP contribution < -0.4 is 5.32 Å². The molecular formula is C10H12Cl2N2O2. The van der Waals surface area contributed by atoms with Gasteiger partial charge in [0.1, 0.15) is 5.75 Å². The standard InChI is InChI=1S/C10H12Cl2N2O2/c1-10(5-11,6-12)14-9(16)7-2-3-13-4-8(7)15/h2-4,15H,5-6H2,1H3,(H,14,16). The molecule has 1 aromatic rings. The minimum Gasteiger partial charge on any atom is -0.505 e. The van der Waals surface area contributed by atoms with Crippen molar-refractivity contribution in [2.45, 2.75) is 12.5 Å². The predicted octanol–water partition coefficient (Wildman–Crippen LogP) is 1.75. The molecule has 0 bridgehead atoms. The first-order chi connectivity index (χ1) is 7.52. The van der Waals surface area contributed by atoms with Crippen molar-refractivity contribution in [2.75, 3.05) is 11.8 Å². The van der Waals surface area contributed by atoms with Gasteiger partial charge < -0.3 is 10.4 Å². The van der Waals surface area contributed by atoms with Crippen LogP contribution in [0.4, 0.5) is 0 Å². The summed E-state index contributed by atoms with van der Waals surface area (Å²) < 4.78 is 0. The normalized spacial score (nSPS) is 11.2. The third kappa shape index (κ3) is 3.00. The number of nitrogens with one attached hydrogen (secondary N) is 1. The molecule has 16 heavy (non-hydrogen) atoms. The minimum atomic E-state index is -0.699. The molecular weight excluding hydrogens is 251 g/mol. The number of hydrogen-bond donors (Lipinski definition) is 2. The van der Waals surface area contributed by atoms with Crippen LogP contribution in [0.15, 0.2) is 18.5 Å². The highest BCUT2D eigenvalue weighted by Crippen LogP contribution is 2.16. The van der Waals surface area contributed by atoms with Gasteiger partial charge >= 0.3 is 0 Å². The van der Waals surface area contributed by atoms with Gasteiger partial charge in [-0.3, -0.25) is 9.78 Å². The summed E-state index contributed by atoms with van der Waals surface area (Å²) in [5.41, 5.74) is -0.549. The van der Waals surface area contributed by atoms with E-state index < -0.39 is 11.4 Å². The van der Waals surface area contributed by atoms with Crippen LogP contribution >= 0.6 is 23.2 Å². The Hall–Kier alpha value is -1.00. The first kappa shape index (κ1) is 13.1. The van der Waals surface area contributed by atoms with E-state index in [4.69, 9.17) is 23.2 Å². The Labute approximate surface area is 104 Å². The average molecular weight is 263 g/mol. The highest BCUT2D eigenvalue weighted by atomic mass is 35.5. The summed E-state index contributed by atoms with van der Waals surface area (Å²) in [6, 6.07) is 1.42. The van der Waals surface area contributed by atoms with Crippen molar-refractivity contribution < 1.29 is 9.90 Å². The van der Waals surface area contributed by atoms with Gasteiger partial charge in [-0.2, -0.15) is 0 Å². The van der Waals surface area contributed by atoms with Crippen LogP contribution in [-0.4, -0.2) is 33.3 Å². The minimum absolute atomic E-state index is 0.149. The largest absolute Gasteiger partial charge is 0.505 e. The van der Waals surface area contributed by atoms with Crippen molar-refractivity contribution >= 4 is 29.1 Å². The highest BCUT2D eigenvalue weighted by Gasteiger charge is 2.25. The van der Waals surface area contributed by atoms with Crippen molar-refractivity contribution in [3.05, 3.63) is 24.0 Å². The Bertz CT molecular complexity index is 381. The Morgan fingerprint density at radius 2 is 2.19 bits per heavy atom. The molecule has 0 unspecified atom stereocenters. The average Bonchev–Trinajstić information content (AvgIpc) is 2.29. The van der Waals surface area contributed by atoms with Gasteiger partial charge in [-0.1, -0.05) is 0 Å². The van der Waals surface area contributed by atoms with E-state index in [9.17, 15) is 9.90 Å². The van der Waals surface area contributed by atoms with E-state index >= 15 is 0 Å². The zero-order chi connectivity index (χ0) is 12.2. The number of aromatic hydroxyl groups is 1. The van der Waals surface area contributed by atoms with Gasteiger partial charge in [0.05, 0.1) is 17.3 Å². The zero-order valence-corrected chi connectivity index (χ0v) is 10.2. The molecule has 0 saturated heterocycles. The molecule has 0 spiro atoms. The second-order valence-electron chi connectivity index (χ2n) is 3.67. The summed E-state index contributed by atoms with van der Waals surface area (Å²) in [6.45, 7) is 1.73. The smallest absolute Gasteiger partial charge is 0.255 e. The molecule has 0 saturated carbocycles. The summed E-state index contributed by atoms with van der Waals surface area (Å²) in [5, 5.41) is 12.1. The van der Waals surface area contributed by atoms with Crippen LogP contribution in [0, 0.1) is 0 Å². The number of alkyl halides is 2. The summed E-state index contributed by atoms with van der Waals surface area (Å²) in [4.78, 5) is 15.5. The van der Waals surface area contributed by atoms with Crippen LogP contribution in [0.5, 0.6) is 5.75 Å². The predicted molar refractivity (Wildman–Crippen MR) is 63.2 cm³/mol. The lowest BCUT2D eigenvalue weighted by Gasteiger charge is -2.25. The van der Waals surface area contributed by atoms with E-state index in [0.29, 0.717) is 0 Å². The molecule has 0 aliphatic carbocycles. The molecule has 2 N–H and O–H groups in total. The number of pyridine rings is 1. The van der Waals surface area contributed by atoms with Crippen molar-refractivity contribution in [1.29, 1.82) is 0 Å². The molecule has 0 fully saturated rings. The fraction of sp³-hybridized carbons (Fsp3) is 0.400. The zero-order valence-electron chi connectivity index (χ0n) is 8.70. The van der Waals surface area contributed by atoms with Gasteiger partial charge in [-0.15, -0.1) is 23.2 Å². The number of rotatable bonds is 4. The number of carbonyl (C=O) groups is 1. The maximum absolute atomic E-state index is 11.8. The number of halogens is 2. The molecule has 0 aliphatic rings. The Balaban J connectivity index is 2.84. The molecule has 0 radical (unpaired) electrons. The third-order valence-corrected chi connectivity index (χ3v) is 3.23. The fourth-order valence-electron chi connectivity index (χ4n) is 1.02. The topological polar surface area (TPSA) is 62.2 Å². The first-order valence-corrected chi connectivity index (χ1v) is 5.67. The number of amides is 1. The summed E-state index contributed by atoms with van der Waals surface area (Å²) in [7, 11) is 0. The fourth-order valence-corrected chi connectivity index (χ4v) is 1.44. The molecule has 1 aromatic heterocycles. The van der Waals surface area contributed by atoms with Crippen LogP contribution in [-0.2, 0) is 0 Å². The number of carbonyl (C=O) groups excluding carboxylic acids is 1. The lowest BCUT2D eigenvalue weighted by Crippen LogP contribution is -2.49. The molecule has 0 aromatic carbocycles. The van der Waals surface area contributed by atoms with Crippen molar-refractivity contribution in [3.63, 3.8) is 0 Å². The molecule has 1 rings (SSSR count). The summed E-state index contributed by atoms with van der Waals surface area (Å²) in [5.74, 6) is -0.225. The van der Waals surface area contributed by atoms with Gasteiger partial charge in [-0.25, -0.2) is 0 Å². The Morgan fingerprint density at radius 3 is 2.69 bits per heavy atom. The molecule has 4 nitrogen and oxygen atoms in total. The molecule has 1 amide bonds. The SMILES string of the molecule is CC(CCl)(CCl)NC(=O)c1ccncc1O. The monoisotopic (exact) mass is 262 g/mol. The van der Waals surface area contributed by atoms with Crippen LogP contribution in [0.3, 0.4) is 0 Å². The van der Waals surface area contributed by atoms with Gasteiger partial charge in [0.25, 0.3) is 5.91 Å². The van der Waals surface area contributed by atoms with E-state index in [0.717, 1.165) is 0 Å². The molecule has 88 valence electrons. The number of nitrogens with zero attached hydrogens (tertiary/aromatic N) is 1. The molecule has 0 aliphatic heterocycles. The maximum Gasteiger partial charge on any atom is 0.255 e. The van der Waals surface area contributed by atoms with E-state index in [1.807, 2.05) is 0 Å². The second kappa shape index (κ2) is 5.37. The highest BCUT2D eigenvalue weighted by molar-refractivity contribution is 6.22. The quantitative estimate of drug-likeness (QED) is 0.813. The molecule has 0 atom stereocenters. The number of hydrogen-bond acceptors (Lipinski definition) is 3. The summed E-state index contributed by atoms with van der Waals surface area (Å²) in [6.07, 6.45) is 2.63. The third-order valence-electron chi connectivity index (χ3n) is 2.05. The first-order valence-electron chi connectivity index (χ1n) is 4.60. The van der Waals surface area contributed by atoms with E-state index in [1.54, 1.807) is 6.92 Å². The summed E-state index contributed by atoms with van der Waals surface area (Å²) >= 11 is 11.4. The van der Waals surface area contributed by atoms with Crippen LogP contribution in [0.2, 0.25) is 0 Å². The van der Waals surface area contributed by atoms with Crippen molar-refractivity contribution in [3.8, 4) is 5.75 Å². The molecule has 6 heteroatoms. The second-order valence-corrected chi connectivity index (χ2v) is 4.21. The van der Waals surface area contributed by atoms with E-state index in [1.165, 1.54) is 18.5 Å². The lowest BCUT2D eigenvalue weighted by atomic mass is 10.1. The van der Waals surface area contributed by atoms with Crippen LogP contribution in [0.1, 0.15) is 17.3 Å². The van der Waals surface area contributed by atoms with Gasteiger partial charge in [0, 0.05) is 18.0 Å². The maximum atomic E-state index is 11.8. The van der Waals surface area contributed by atoms with Gasteiger partial charge in [0.2, 0.25) is 0 Å². The van der Waals surface area contributed by atoms with Crippen LogP contribution in [0.25, 0.3) is 0 Å². The number of aromatic nitrogens is 1. The lowest BCUT2D eigenvalue weighted by molar-refractivity contribution is 0.0918.